The molecule has 2 aromatic rings. The maximum atomic E-state index is 12.0. The van der Waals surface area contributed by atoms with Gasteiger partial charge in [-0.25, -0.2) is 4.79 Å². The molecule has 0 aliphatic rings. The zero-order valence-corrected chi connectivity index (χ0v) is 11.5. The van der Waals surface area contributed by atoms with E-state index in [0.29, 0.717) is 16.5 Å². The standard InChI is InChI=1S/C14H11ClN2O4/c15-12-4-5-16-7-11(12)14(20)17-9-2-1-3-10(6-9)21-8-13(18)19/h1-7H,8H2,(H,17,20)(H,18,19). The number of carbonyl (C=O) groups excluding carboxylic acids is 1. The zero-order valence-electron chi connectivity index (χ0n) is 10.7. The van der Waals surface area contributed by atoms with Gasteiger partial charge in [0.1, 0.15) is 5.75 Å². The van der Waals surface area contributed by atoms with Crippen molar-refractivity contribution in [1.29, 1.82) is 0 Å². The topological polar surface area (TPSA) is 88.5 Å². The van der Waals surface area contributed by atoms with Gasteiger partial charge in [0.2, 0.25) is 0 Å². The Kier molecular flexibility index (Phi) is 4.73. The highest BCUT2D eigenvalue weighted by molar-refractivity contribution is 6.34. The number of aliphatic carboxylic acids is 1. The van der Waals surface area contributed by atoms with Crippen LogP contribution >= 0.6 is 11.6 Å². The Labute approximate surface area is 125 Å². The third kappa shape index (κ3) is 4.19. The van der Waals surface area contributed by atoms with Gasteiger partial charge in [-0.15, -0.1) is 0 Å². The molecule has 0 aliphatic carbocycles. The van der Waals surface area contributed by atoms with Gasteiger partial charge >= 0.3 is 5.97 Å². The summed E-state index contributed by atoms with van der Waals surface area (Å²) in [5.41, 5.74) is 0.707. The van der Waals surface area contributed by atoms with Crippen LogP contribution in [0.4, 0.5) is 5.69 Å². The number of nitrogens with zero attached hydrogens (tertiary/aromatic N) is 1. The quantitative estimate of drug-likeness (QED) is 0.885. The normalized spacial score (nSPS) is 9.95. The molecular formula is C14H11ClN2O4. The first-order valence-corrected chi connectivity index (χ1v) is 6.29. The molecule has 0 unspecified atom stereocenters. The molecule has 7 heteroatoms. The van der Waals surface area contributed by atoms with Gasteiger partial charge in [0, 0.05) is 24.1 Å². The summed E-state index contributed by atoms with van der Waals surface area (Å²) < 4.78 is 5.03. The molecule has 0 saturated heterocycles. The average molecular weight is 307 g/mol. The predicted molar refractivity (Wildman–Crippen MR) is 76.8 cm³/mol. The number of carboxylic acids is 1. The fourth-order valence-electron chi connectivity index (χ4n) is 1.55. The summed E-state index contributed by atoms with van der Waals surface area (Å²) in [6.07, 6.45) is 2.85. The minimum absolute atomic E-state index is 0.246. The van der Waals surface area contributed by atoms with E-state index >= 15 is 0 Å². The van der Waals surface area contributed by atoms with Crippen molar-refractivity contribution in [2.24, 2.45) is 0 Å². The second kappa shape index (κ2) is 6.71. The van der Waals surface area contributed by atoms with Gasteiger partial charge in [0.05, 0.1) is 10.6 Å². The summed E-state index contributed by atoms with van der Waals surface area (Å²) in [5, 5.41) is 11.5. The van der Waals surface area contributed by atoms with E-state index in [9.17, 15) is 9.59 Å². The minimum atomic E-state index is -1.08. The lowest BCUT2D eigenvalue weighted by molar-refractivity contribution is -0.139. The maximum absolute atomic E-state index is 12.0. The Morgan fingerprint density at radius 3 is 2.86 bits per heavy atom. The van der Waals surface area contributed by atoms with E-state index in [2.05, 4.69) is 10.3 Å². The highest BCUT2D eigenvalue weighted by Crippen LogP contribution is 2.20. The number of hydrogen-bond donors (Lipinski definition) is 2. The molecule has 1 aromatic heterocycles. The Morgan fingerprint density at radius 1 is 1.33 bits per heavy atom. The van der Waals surface area contributed by atoms with Gasteiger partial charge in [-0.05, 0) is 18.2 Å². The number of benzene rings is 1. The molecule has 0 bridgehead atoms. The summed E-state index contributed by atoms with van der Waals surface area (Å²) in [6, 6.07) is 7.91. The number of rotatable bonds is 5. The van der Waals surface area contributed by atoms with Crippen LogP contribution in [0, 0.1) is 0 Å². The molecule has 0 radical (unpaired) electrons. The number of amides is 1. The van der Waals surface area contributed by atoms with E-state index in [1.54, 1.807) is 18.2 Å². The molecule has 0 aliphatic heterocycles. The van der Waals surface area contributed by atoms with Crippen LogP contribution in [-0.2, 0) is 4.79 Å². The molecular weight excluding hydrogens is 296 g/mol. The van der Waals surface area contributed by atoms with Gasteiger partial charge in [-0.3, -0.25) is 9.78 Å². The highest BCUT2D eigenvalue weighted by Gasteiger charge is 2.11. The van der Waals surface area contributed by atoms with Crippen LogP contribution in [0.15, 0.2) is 42.7 Å². The zero-order chi connectivity index (χ0) is 15.2. The number of pyridine rings is 1. The van der Waals surface area contributed by atoms with Gasteiger partial charge < -0.3 is 15.2 Å². The SMILES string of the molecule is O=C(O)COc1cccc(NC(=O)c2cnccc2Cl)c1. The number of ether oxygens (including phenoxy) is 1. The highest BCUT2D eigenvalue weighted by atomic mass is 35.5. The molecule has 2 rings (SSSR count). The lowest BCUT2D eigenvalue weighted by Crippen LogP contribution is -2.13. The molecule has 21 heavy (non-hydrogen) atoms. The van der Waals surface area contributed by atoms with E-state index < -0.39 is 18.5 Å². The third-order valence-corrected chi connectivity index (χ3v) is 2.80. The molecule has 0 saturated carbocycles. The van der Waals surface area contributed by atoms with Crippen LogP contribution in [0.5, 0.6) is 5.75 Å². The second-order valence-electron chi connectivity index (χ2n) is 4.02. The predicted octanol–water partition coefficient (Wildman–Crippen LogP) is 2.45. The van der Waals surface area contributed by atoms with Crippen LogP contribution in [-0.4, -0.2) is 28.6 Å². The molecule has 0 fully saturated rings. The molecule has 6 nitrogen and oxygen atoms in total. The number of nitrogens with one attached hydrogen (secondary N) is 1. The Balaban J connectivity index is 2.09. The fraction of sp³-hybridized carbons (Fsp3) is 0.0714. The Morgan fingerprint density at radius 2 is 2.14 bits per heavy atom. The first-order valence-electron chi connectivity index (χ1n) is 5.92. The van der Waals surface area contributed by atoms with Crippen molar-refractivity contribution in [2.75, 3.05) is 11.9 Å². The monoisotopic (exact) mass is 306 g/mol. The smallest absolute Gasteiger partial charge is 0.341 e. The molecule has 0 atom stereocenters. The molecule has 1 aromatic carbocycles. The first-order chi connectivity index (χ1) is 10.1. The minimum Gasteiger partial charge on any atom is -0.482 e. The lowest BCUT2D eigenvalue weighted by atomic mass is 10.2. The van der Waals surface area contributed by atoms with Crippen LogP contribution in [0.25, 0.3) is 0 Å². The molecule has 2 N–H and O–H groups in total. The van der Waals surface area contributed by atoms with E-state index in [0.717, 1.165) is 0 Å². The van der Waals surface area contributed by atoms with E-state index in [1.807, 2.05) is 0 Å². The summed E-state index contributed by atoms with van der Waals surface area (Å²) in [6.45, 7) is -0.453. The Bertz CT molecular complexity index is 676. The lowest BCUT2D eigenvalue weighted by Gasteiger charge is -2.08. The summed E-state index contributed by atoms with van der Waals surface area (Å²) in [5.74, 6) is -1.15. The van der Waals surface area contributed by atoms with Gasteiger partial charge in [-0.1, -0.05) is 17.7 Å². The number of anilines is 1. The third-order valence-electron chi connectivity index (χ3n) is 2.47. The van der Waals surface area contributed by atoms with Crippen molar-refractivity contribution in [3.8, 4) is 5.75 Å². The van der Waals surface area contributed by atoms with Crippen molar-refractivity contribution < 1.29 is 19.4 Å². The van der Waals surface area contributed by atoms with Crippen molar-refractivity contribution in [3.63, 3.8) is 0 Å². The van der Waals surface area contributed by atoms with E-state index in [4.69, 9.17) is 21.4 Å². The summed E-state index contributed by atoms with van der Waals surface area (Å²) >= 11 is 5.91. The van der Waals surface area contributed by atoms with Gasteiger partial charge in [0.25, 0.3) is 5.91 Å². The van der Waals surface area contributed by atoms with E-state index in [-0.39, 0.29) is 5.56 Å². The van der Waals surface area contributed by atoms with Crippen LogP contribution in [0.3, 0.4) is 0 Å². The van der Waals surface area contributed by atoms with Crippen molar-refractivity contribution in [1.82, 2.24) is 4.98 Å². The van der Waals surface area contributed by atoms with Crippen molar-refractivity contribution in [2.45, 2.75) is 0 Å². The molecule has 0 spiro atoms. The number of carboxylic acid groups (broad SMARTS) is 1. The number of carbonyl (C=O) groups is 2. The van der Waals surface area contributed by atoms with Gasteiger partial charge in [0.15, 0.2) is 6.61 Å². The van der Waals surface area contributed by atoms with Crippen LogP contribution in [0.2, 0.25) is 5.02 Å². The maximum Gasteiger partial charge on any atom is 0.341 e. The molecule has 108 valence electrons. The second-order valence-corrected chi connectivity index (χ2v) is 4.43. The molecule has 1 amide bonds. The van der Waals surface area contributed by atoms with E-state index in [1.165, 1.54) is 24.5 Å². The van der Waals surface area contributed by atoms with Crippen molar-refractivity contribution in [3.05, 3.63) is 53.3 Å². The average Bonchev–Trinajstić information content (AvgIpc) is 2.46. The number of aromatic nitrogens is 1. The van der Waals surface area contributed by atoms with Crippen LogP contribution in [0.1, 0.15) is 10.4 Å². The van der Waals surface area contributed by atoms with Crippen LogP contribution < -0.4 is 10.1 Å². The summed E-state index contributed by atoms with van der Waals surface area (Å²) in [4.78, 5) is 26.3. The molecule has 1 heterocycles. The summed E-state index contributed by atoms with van der Waals surface area (Å²) in [7, 11) is 0. The van der Waals surface area contributed by atoms with Gasteiger partial charge in [-0.2, -0.15) is 0 Å². The van der Waals surface area contributed by atoms with Crippen molar-refractivity contribution >= 4 is 29.2 Å². The fourth-order valence-corrected chi connectivity index (χ4v) is 1.74. The number of halogens is 1. The Hall–Kier alpha value is -2.60. The number of hydrogen-bond acceptors (Lipinski definition) is 4. The first kappa shape index (κ1) is 14.8. The largest absolute Gasteiger partial charge is 0.482 e.